The van der Waals surface area contributed by atoms with Crippen LogP contribution in [0.2, 0.25) is 0 Å². The molecule has 1 rings (SSSR count). The molecule has 0 aliphatic carbocycles. The lowest BCUT2D eigenvalue weighted by Gasteiger charge is -2.22. The molecule has 0 bridgehead atoms. The maximum absolute atomic E-state index is 10.2. The molecule has 0 aromatic heterocycles. The molecule has 126 valence electrons. The van der Waals surface area contributed by atoms with E-state index < -0.39 is 40.6 Å². The van der Waals surface area contributed by atoms with Crippen LogP contribution in [-0.2, 0) is 15.6 Å². The van der Waals surface area contributed by atoms with Crippen LogP contribution in [0.3, 0.4) is 0 Å². The van der Waals surface area contributed by atoms with Crippen molar-refractivity contribution >= 4 is 10.9 Å². The van der Waals surface area contributed by atoms with Crippen molar-refractivity contribution in [3.8, 4) is 0 Å². The summed E-state index contributed by atoms with van der Waals surface area (Å²) in [6, 6.07) is 0. The van der Waals surface area contributed by atoms with Gasteiger partial charge in [-0.1, -0.05) is 19.8 Å². The number of ether oxygens (including phenoxy) is 1. The Morgan fingerprint density at radius 3 is 2.52 bits per heavy atom. The zero-order chi connectivity index (χ0) is 15.8. The first kappa shape index (κ1) is 19.2. The summed E-state index contributed by atoms with van der Waals surface area (Å²) in [5, 5.41) is 47.8. The molecule has 21 heavy (non-hydrogen) atoms. The topological polar surface area (TPSA) is 110 Å². The molecule has 5 N–H and O–H groups in total. The van der Waals surface area contributed by atoms with Crippen LogP contribution in [0, 0.1) is 0 Å². The Morgan fingerprint density at radius 1 is 1.24 bits per heavy atom. The summed E-state index contributed by atoms with van der Waals surface area (Å²) in [6.45, 7) is 2.11. The summed E-state index contributed by atoms with van der Waals surface area (Å²) in [6.07, 6.45) is -0.284. The number of hydrogen-bond acceptors (Lipinski definition) is 6. The summed E-state index contributed by atoms with van der Waals surface area (Å²) in [5.41, 5.74) is 0. The second-order valence-corrected chi connectivity index (χ2v) is 7.86. The average molecular weight is 325 g/mol. The molecule has 0 saturated carbocycles. The molecule has 1 aliphatic rings. The second kappa shape index (κ2) is 9.99. The van der Waals surface area contributed by atoms with Crippen LogP contribution in [-0.4, -0.2) is 86.5 Å². The fraction of sp³-hybridized carbons (Fsp3) is 1.00. The predicted molar refractivity (Wildman–Crippen MR) is 82.3 cm³/mol. The quantitative estimate of drug-likeness (QED) is 0.250. The molecule has 6 nitrogen and oxygen atoms in total. The molecule has 0 radical (unpaired) electrons. The smallest absolute Gasteiger partial charge is 0.169 e. The fourth-order valence-electron chi connectivity index (χ4n) is 2.49. The first-order chi connectivity index (χ1) is 10.0. The highest BCUT2D eigenvalue weighted by Gasteiger charge is 2.50. The lowest BCUT2D eigenvalue weighted by Crippen LogP contribution is -2.42. The second-order valence-electron chi connectivity index (χ2n) is 5.52. The third kappa shape index (κ3) is 5.67. The van der Waals surface area contributed by atoms with Crippen molar-refractivity contribution in [3.63, 3.8) is 0 Å². The Balaban J connectivity index is 2.43. The normalized spacial score (nSPS) is 32.3. The van der Waals surface area contributed by atoms with Crippen LogP contribution >= 0.6 is 0 Å². The molecule has 6 atom stereocenters. The Labute approximate surface area is 129 Å². The first-order valence-electron chi connectivity index (χ1n) is 7.58. The van der Waals surface area contributed by atoms with Gasteiger partial charge in [0.05, 0.1) is 13.2 Å². The van der Waals surface area contributed by atoms with Crippen molar-refractivity contribution in [2.45, 2.75) is 55.9 Å². The Morgan fingerprint density at radius 2 is 1.95 bits per heavy atom. The zero-order valence-electron chi connectivity index (χ0n) is 12.6. The Hall–Kier alpha value is 0.110. The molecular weight excluding hydrogens is 296 g/mol. The number of rotatable bonds is 10. The molecule has 1 saturated heterocycles. The van der Waals surface area contributed by atoms with Crippen molar-refractivity contribution in [1.29, 1.82) is 0 Å². The number of unbranched alkanes of at least 4 members (excludes halogenated alkanes) is 2. The number of aliphatic hydroxyl groups is 5. The van der Waals surface area contributed by atoms with Crippen molar-refractivity contribution in [3.05, 3.63) is 0 Å². The van der Waals surface area contributed by atoms with Crippen LogP contribution in [0.25, 0.3) is 0 Å². The molecule has 1 heterocycles. The fourth-order valence-corrected chi connectivity index (χ4v) is 5.20. The van der Waals surface area contributed by atoms with Gasteiger partial charge in [0.2, 0.25) is 0 Å². The van der Waals surface area contributed by atoms with Gasteiger partial charge in [-0.2, -0.15) is 0 Å². The van der Waals surface area contributed by atoms with Gasteiger partial charge in [0, 0.05) is 17.5 Å². The van der Waals surface area contributed by atoms with Crippen LogP contribution in [0.5, 0.6) is 0 Å². The van der Waals surface area contributed by atoms with Gasteiger partial charge < -0.3 is 30.3 Å². The van der Waals surface area contributed by atoms with E-state index in [2.05, 4.69) is 6.92 Å². The molecule has 0 amide bonds. The van der Waals surface area contributed by atoms with E-state index in [1.54, 1.807) is 0 Å². The molecule has 0 spiro atoms. The lowest BCUT2D eigenvalue weighted by molar-refractivity contribution is -0.0554. The minimum atomic E-state index is -0.941. The molecule has 1 fully saturated rings. The molecular formula is C14H29O6S+. The predicted octanol–water partition coefficient (Wildman–Crippen LogP) is -1.37. The first-order valence-corrected chi connectivity index (χ1v) is 9.21. The van der Waals surface area contributed by atoms with E-state index in [0.717, 1.165) is 19.3 Å². The highest BCUT2D eigenvalue weighted by molar-refractivity contribution is 7.97. The summed E-state index contributed by atoms with van der Waals surface area (Å²) in [7, 11) is -0.478. The van der Waals surface area contributed by atoms with Crippen LogP contribution in [0.15, 0.2) is 0 Å². The van der Waals surface area contributed by atoms with Gasteiger partial charge in [-0.3, -0.25) is 0 Å². The van der Waals surface area contributed by atoms with Gasteiger partial charge in [-0.05, 0) is 6.42 Å². The maximum atomic E-state index is 10.2. The van der Waals surface area contributed by atoms with E-state index in [9.17, 15) is 25.5 Å². The third-order valence-electron chi connectivity index (χ3n) is 3.84. The zero-order valence-corrected chi connectivity index (χ0v) is 13.4. The standard InChI is InChI=1S/C14H29O6S/c1-2-3-4-5-20-12(6-15)10(17)8-21-9-11(18)14(19)13(21)7-16/h10-19H,2-9H2,1H3/q+1/t10?,11-,12+,13-,14+,21?/m1/s1. The van der Waals surface area contributed by atoms with E-state index in [4.69, 9.17) is 4.74 Å². The monoisotopic (exact) mass is 325 g/mol. The number of hydrogen-bond donors (Lipinski definition) is 5. The van der Waals surface area contributed by atoms with Crippen LogP contribution in [0.1, 0.15) is 26.2 Å². The summed E-state index contributed by atoms with van der Waals surface area (Å²) >= 11 is 0. The Bertz CT molecular complexity index is 280. The van der Waals surface area contributed by atoms with Crippen molar-refractivity contribution in [2.24, 2.45) is 0 Å². The van der Waals surface area contributed by atoms with Crippen molar-refractivity contribution in [1.82, 2.24) is 0 Å². The highest BCUT2D eigenvalue weighted by atomic mass is 32.2. The summed E-state index contributed by atoms with van der Waals surface area (Å²) in [4.78, 5) is 0. The van der Waals surface area contributed by atoms with E-state index in [1.165, 1.54) is 0 Å². The van der Waals surface area contributed by atoms with E-state index in [-0.39, 0.29) is 13.2 Å². The molecule has 7 heteroatoms. The summed E-state index contributed by atoms with van der Waals surface area (Å²) < 4.78 is 5.50. The SMILES string of the molecule is CCCCCO[C@@H](CO)C(O)C[S+]1C[C@@H](O)[C@H](O)[C@H]1CO. The molecule has 0 aromatic carbocycles. The van der Waals surface area contributed by atoms with Crippen LogP contribution in [0.4, 0.5) is 0 Å². The minimum absolute atomic E-state index is 0.213. The minimum Gasteiger partial charge on any atom is -0.394 e. The van der Waals surface area contributed by atoms with Gasteiger partial charge in [-0.15, -0.1) is 0 Å². The largest absolute Gasteiger partial charge is 0.394 e. The van der Waals surface area contributed by atoms with E-state index in [0.29, 0.717) is 18.1 Å². The van der Waals surface area contributed by atoms with Gasteiger partial charge in [0.15, 0.2) is 5.25 Å². The van der Waals surface area contributed by atoms with Gasteiger partial charge in [0.25, 0.3) is 0 Å². The van der Waals surface area contributed by atoms with Gasteiger partial charge in [-0.25, -0.2) is 0 Å². The lowest BCUT2D eigenvalue weighted by atomic mass is 10.2. The van der Waals surface area contributed by atoms with E-state index in [1.807, 2.05) is 0 Å². The Kier molecular flexibility index (Phi) is 9.12. The van der Waals surface area contributed by atoms with Gasteiger partial charge in [0.1, 0.15) is 35.9 Å². The average Bonchev–Trinajstić information content (AvgIpc) is 2.73. The van der Waals surface area contributed by atoms with Crippen molar-refractivity contribution in [2.75, 3.05) is 31.3 Å². The maximum Gasteiger partial charge on any atom is 0.169 e. The molecule has 2 unspecified atom stereocenters. The molecule has 1 aliphatic heterocycles. The molecule has 0 aromatic rings. The van der Waals surface area contributed by atoms with Crippen molar-refractivity contribution < 1.29 is 30.3 Å². The number of aliphatic hydroxyl groups excluding tert-OH is 5. The third-order valence-corrected chi connectivity index (χ3v) is 6.67. The van der Waals surface area contributed by atoms with Crippen LogP contribution < -0.4 is 0 Å². The highest BCUT2D eigenvalue weighted by Crippen LogP contribution is 2.25. The van der Waals surface area contributed by atoms with Gasteiger partial charge >= 0.3 is 0 Å². The summed E-state index contributed by atoms with van der Waals surface area (Å²) in [5.74, 6) is 0.690. The van der Waals surface area contributed by atoms with E-state index >= 15 is 0 Å².